The van der Waals surface area contributed by atoms with Crippen molar-refractivity contribution < 1.29 is 13.2 Å². The Kier molecular flexibility index (Phi) is 6.92. The van der Waals surface area contributed by atoms with Gasteiger partial charge < -0.3 is 5.32 Å². The van der Waals surface area contributed by atoms with E-state index in [-0.39, 0.29) is 10.8 Å². The topological polar surface area (TPSA) is 82.6 Å². The highest BCUT2D eigenvalue weighted by molar-refractivity contribution is 7.89. The molecule has 1 fully saturated rings. The van der Waals surface area contributed by atoms with Crippen LogP contribution in [0.1, 0.15) is 11.9 Å². The van der Waals surface area contributed by atoms with Gasteiger partial charge in [0.2, 0.25) is 15.9 Å². The molecule has 168 valence electrons. The number of hydrogen-bond donors (Lipinski definition) is 1. The van der Waals surface area contributed by atoms with E-state index in [0.29, 0.717) is 43.4 Å². The van der Waals surface area contributed by atoms with Crippen molar-refractivity contribution in [1.29, 1.82) is 0 Å². The Morgan fingerprint density at radius 3 is 2.34 bits per heavy atom. The predicted molar refractivity (Wildman–Crippen MR) is 127 cm³/mol. The van der Waals surface area contributed by atoms with E-state index in [4.69, 9.17) is 16.6 Å². The Balaban J connectivity index is 1.35. The van der Waals surface area contributed by atoms with Crippen LogP contribution in [0.5, 0.6) is 0 Å². The summed E-state index contributed by atoms with van der Waals surface area (Å²) in [6.45, 7) is 4.22. The van der Waals surface area contributed by atoms with Crippen molar-refractivity contribution in [2.45, 2.75) is 18.4 Å². The number of nitrogens with zero attached hydrogens (tertiary/aromatic N) is 3. The number of sulfonamides is 1. The monoisotopic (exact) mass is 490 g/mol. The summed E-state index contributed by atoms with van der Waals surface area (Å²) in [7, 11) is -3.57. The Labute approximate surface area is 196 Å². The van der Waals surface area contributed by atoms with Crippen LogP contribution in [0.15, 0.2) is 58.8 Å². The minimum atomic E-state index is -3.57. The van der Waals surface area contributed by atoms with Gasteiger partial charge in [-0.2, -0.15) is 4.31 Å². The van der Waals surface area contributed by atoms with Gasteiger partial charge in [0.1, 0.15) is 5.01 Å². The summed E-state index contributed by atoms with van der Waals surface area (Å²) in [5, 5.41) is 6.37. The van der Waals surface area contributed by atoms with Crippen molar-refractivity contribution in [2.24, 2.45) is 0 Å². The Morgan fingerprint density at radius 2 is 1.72 bits per heavy atom. The van der Waals surface area contributed by atoms with E-state index in [1.165, 1.54) is 23.4 Å². The molecule has 0 unspecified atom stereocenters. The number of nitrogens with one attached hydrogen (secondary N) is 1. The molecule has 2 aromatic carbocycles. The normalized spacial score (nSPS) is 15.6. The molecule has 1 aliphatic heterocycles. The number of thiazole rings is 1. The molecular formula is C22H23ClN4O3S2. The van der Waals surface area contributed by atoms with Gasteiger partial charge in [-0.15, -0.1) is 11.3 Å². The molecular weight excluding hydrogens is 468 g/mol. The average molecular weight is 491 g/mol. The summed E-state index contributed by atoms with van der Waals surface area (Å²) in [6.07, 6.45) is 0. The molecule has 4 rings (SSSR count). The highest BCUT2D eigenvalue weighted by Gasteiger charge is 2.28. The Bertz CT molecular complexity index is 1190. The molecule has 1 saturated heterocycles. The smallest absolute Gasteiger partial charge is 0.243 e. The maximum absolute atomic E-state index is 13.0. The number of carbonyl (C=O) groups excluding carboxylic acids is 1. The first-order valence-corrected chi connectivity index (χ1v) is 12.8. The van der Waals surface area contributed by atoms with Crippen LogP contribution < -0.4 is 5.32 Å². The van der Waals surface area contributed by atoms with Crippen molar-refractivity contribution in [3.05, 3.63) is 63.9 Å². The Hall–Kier alpha value is -2.30. The number of aromatic nitrogens is 1. The molecule has 0 aliphatic carbocycles. The summed E-state index contributed by atoms with van der Waals surface area (Å²) in [4.78, 5) is 18.3. The van der Waals surface area contributed by atoms with Crippen LogP contribution in [0.3, 0.4) is 0 Å². The molecule has 1 aliphatic rings. The second-order valence-corrected chi connectivity index (χ2v) is 10.8. The number of carbonyl (C=O) groups is 1. The standard InChI is InChI=1S/C22H23ClN4O3S2/c1-16(28)24-19-6-8-20(9-7-19)32(29,30)27-12-10-26(11-13-27)14-22-25-21(15-31-22)17-2-4-18(23)5-3-17/h2-9,15H,10-14H2,1H3,(H,24,28). The molecule has 1 aromatic heterocycles. The predicted octanol–water partition coefficient (Wildman–Crippen LogP) is 3.93. The summed E-state index contributed by atoms with van der Waals surface area (Å²) >= 11 is 7.56. The van der Waals surface area contributed by atoms with Gasteiger partial charge in [0.15, 0.2) is 0 Å². The lowest BCUT2D eigenvalue weighted by molar-refractivity contribution is -0.114. The molecule has 1 N–H and O–H groups in total. The molecule has 1 amide bonds. The molecule has 0 spiro atoms. The maximum Gasteiger partial charge on any atom is 0.243 e. The third-order valence-corrected chi connectivity index (χ3v) is 8.19. The lowest BCUT2D eigenvalue weighted by Crippen LogP contribution is -2.48. The molecule has 0 atom stereocenters. The lowest BCUT2D eigenvalue weighted by atomic mass is 10.2. The molecule has 0 radical (unpaired) electrons. The number of amides is 1. The molecule has 0 saturated carbocycles. The van der Waals surface area contributed by atoms with Gasteiger partial charge in [-0.05, 0) is 36.4 Å². The zero-order valence-electron chi connectivity index (χ0n) is 17.5. The first-order valence-electron chi connectivity index (χ1n) is 10.1. The van der Waals surface area contributed by atoms with Crippen LogP contribution in [-0.4, -0.2) is 54.7 Å². The molecule has 3 aromatic rings. The average Bonchev–Trinajstić information content (AvgIpc) is 3.23. The first-order chi connectivity index (χ1) is 15.3. The van der Waals surface area contributed by atoms with Crippen LogP contribution in [0.4, 0.5) is 5.69 Å². The van der Waals surface area contributed by atoms with Gasteiger partial charge in [-0.1, -0.05) is 23.7 Å². The van der Waals surface area contributed by atoms with Crippen molar-refractivity contribution in [3.63, 3.8) is 0 Å². The van der Waals surface area contributed by atoms with Gasteiger partial charge in [0.05, 0.1) is 17.1 Å². The van der Waals surface area contributed by atoms with Crippen LogP contribution in [0, 0.1) is 0 Å². The maximum atomic E-state index is 13.0. The van der Waals surface area contributed by atoms with Gasteiger partial charge >= 0.3 is 0 Å². The minimum absolute atomic E-state index is 0.197. The van der Waals surface area contributed by atoms with Crippen LogP contribution >= 0.6 is 22.9 Å². The third-order valence-electron chi connectivity index (χ3n) is 5.19. The largest absolute Gasteiger partial charge is 0.326 e. The molecule has 32 heavy (non-hydrogen) atoms. The Morgan fingerprint density at radius 1 is 1.06 bits per heavy atom. The second kappa shape index (κ2) is 9.68. The number of hydrogen-bond acceptors (Lipinski definition) is 6. The SMILES string of the molecule is CC(=O)Nc1ccc(S(=O)(=O)N2CCN(Cc3nc(-c4ccc(Cl)cc4)cs3)CC2)cc1. The number of halogens is 1. The number of benzene rings is 2. The van der Waals surface area contributed by atoms with Crippen LogP contribution in [0.25, 0.3) is 11.3 Å². The van der Waals surface area contributed by atoms with E-state index in [0.717, 1.165) is 16.3 Å². The van der Waals surface area contributed by atoms with Gasteiger partial charge in [-0.3, -0.25) is 9.69 Å². The van der Waals surface area contributed by atoms with Crippen molar-refractivity contribution in [2.75, 3.05) is 31.5 Å². The summed E-state index contributed by atoms with van der Waals surface area (Å²) < 4.78 is 27.5. The summed E-state index contributed by atoms with van der Waals surface area (Å²) in [5.74, 6) is -0.197. The van der Waals surface area contributed by atoms with E-state index >= 15 is 0 Å². The van der Waals surface area contributed by atoms with Gasteiger partial charge in [0, 0.05) is 54.8 Å². The van der Waals surface area contributed by atoms with E-state index in [1.54, 1.807) is 23.5 Å². The van der Waals surface area contributed by atoms with E-state index < -0.39 is 10.0 Å². The van der Waals surface area contributed by atoms with Crippen molar-refractivity contribution in [3.8, 4) is 11.3 Å². The second-order valence-electron chi connectivity index (χ2n) is 7.52. The molecule has 7 nitrogen and oxygen atoms in total. The first kappa shape index (κ1) is 22.9. The highest BCUT2D eigenvalue weighted by Crippen LogP contribution is 2.25. The van der Waals surface area contributed by atoms with Crippen molar-refractivity contribution in [1.82, 2.24) is 14.2 Å². The quantitative estimate of drug-likeness (QED) is 0.566. The number of anilines is 1. The summed E-state index contributed by atoms with van der Waals surface area (Å²) in [5.41, 5.74) is 2.52. The minimum Gasteiger partial charge on any atom is -0.326 e. The van der Waals surface area contributed by atoms with Gasteiger partial charge in [-0.25, -0.2) is 13.4 Å². The lowest BCUT2D eigenvalue weighted by Gasteiger charge is -2.33. The van der Waals surface area contributed by atoms with Crippen molar-refractivity contribution >= 4 is 44.6 Å². The fraction of sp³-hybridized carbons (Fsp3) is 0.273. The van der Waals surface area contributed by atoms with E-state index in [2.05, 4.69) is 10.2 Å². The number of rotatable bonds is 6. The fourth-order valence-electron chi connectivity index (χ4n) is 3.52. The molecule has 2 heterocycles. The zero-order valence-corrected chi connectivity index (χ0v) is 19.9. The highest BCUT2D eigenvalue weighted by atomic mass is 35.5. The van der Waals surface area contributed by atoms with Crippen LogP contribution in [-0.2, 0) is 21.4 Å². The van der Waals surface area contributed by atoms with E-state index in [1.807, 2.05) is 29.6 Å². The fourth-order valence-corrected chi connectivity index (χ4v) is 5.91. The molecule has 10 heteroatoms. The van der Waals surface area contributed by atoms with E-state index in [9.17, 15) is 13.2 Å². The van der Waals surface area contributed by atoms with Crippen LogP contribution in [0.2, 0.25) is 5.02 Å². The zero-order chi connectivity index (χ0) is 22.7. The van der Waals surface area contributed by atoms with Gasteiger partial charge in [0.25, 0.3) is 0 Å². The number of piperazine rings is 1. The molecule has 0 bridgehead atoms. The third kappa shape index (κ3) is 5.36. The summed E-state index contributed by atoms with van der Waals surface area (Å²) in [6, 6.07) is 13.9.